The number of aliphatic hydroxyl groups excluding tert-OH is 2. The molecular formula is C11H13ClN4O5. The van der Waals surface area contributed by atoms with Crippen molar-refractivity contribution in [2.45, 2.75) is 37.1 Å². The van der Waals surface area contributed by atoms with E-state index in [1.54, 1.807) is 0 Å². The summed E-state index contributed by atoms with van der Waals surface area (Å²) in [6.45, 7) is 1.35. The van der Waals surface area contributed by atoms with Gasteiger partial charge in [0.05, 0.1) is 12.3 Å². The Morgan fingerprint density at radius 3 is 2.86 bits per heavy atom. The molecule has 10 heteroatoms. The van der Waals surface area contributed by atoms with Crippen LogP contribution in [0.2, 0.25) is 0 Å². The minimum Gasteiger partial charge on any atom is -0.391 e. The summed E-state index contributed by atoms with van der Waals surface area (Å²) in [5.74, 6) is 2.06. The minimum atomic E-state index is -2.24. The monoisotopic (exact) mass is 316 g/mol. The van der Waals surface area contributed by atoms with Crippen LogP contribution in [0.5, 0.6) is 0 Å². The molecule has 1 aliphatic rings. The van der Waals surface area contributed by atoms with E-state index in [9.17, 15) is 20.1 Å². The zero-order chi connectivity index (χ0) is 15.8. The fourth-order valence-electron chi connectivity index (χ4n) is 2.08. The van der Waals surface area contributed by atoms with Crippen LogP contribution in [-0.2, 0) is 4.74 Å². The van der Waals surface area contributed by atoms with Gasteiger partial charge in [-0.15, -0.1) is 0 Å². The van der Waals surface area contributed by atoms with Crippen molar-refractivity contribution in [1.82, 2.24) is 14.8 Å². The zero-order valence-electron chi connectivity index (χ0n) is 10.8. The maximum atomic E-state index is 11.8. The van der Waals surface area contributed by atoms with Gasteiger partial charge >= 0.3 is 5.69 Å². The number of rotatable bonds is 2. The van der Waals surface area contributed by atoms with Crippen LogP contribution in [0.3, 0.4) is 0 Å². The van der Waals surface area contributed by atoms with Crippen molar-refractivity contribution in [2.24, 2.45) is 0 Å². The first-order valence-corrected chi connectivity index (χ1v) is 6.27. The molecule has 2 rings (SSSR count). The van der Waals surface area contributed by atoms with Crippen molar-refractivity contribution in [3.05, 3.63) is 16.7 Å². The van der Waals surface area contributed by atoms with Crippen LogP contribution in [0.1, 0.15) is 13.2 Å². The first kappa shape index (κ1) is 15.7. The smallest absolute Gasteiger partial charge is 0.368 e. The predicted octanol–water partition coefficient (Wildman–Crippen LogP) is -2.21. The van der Waals surface area contributed by atoms with Gasteiger partial charge in [0.1, 0.15) is 18.0 Å². The molecule has 21 heavy (non-hydrogen) atoms. The van der Waals surface area contributed by atoms with E-state index in [0.29, 0.717) is 4.68 Å². The third-order valence-electron chi connectivity index (χ3n) is 3.10. The number of aliphatic hydroxyl groups is 3. The molecule has 0 bridgehead atoms. The Morgan fingerprint density at radius 1 is 1.67 bits per heavy atom. The van der Waals surface area contributed by atoms with Crippen LogP contribution in [0, 0.1) is 11.3 Å². The fourth-order valence-corrected chi connectivity index (χ4v) is 2.23. The molecule has 5 N–H and O–H groups in total. The Balaban J connectivity index is 2.54. The number of hydrogen-bond acceptors (Lipinski definition) is 8. The van der Waals surface area contributed by atoms with Gasteiger partial charge in [0.25, 0.3) is 0 Å². The average molecular weight is 317 g/mol. The standard InChI is InChI=1S/C11H13ClN4O5/c1-5(17)7-8(18)11(20,2-3-12)9(21-7)16-10(19)15-6(13)4-14-16/h4-5,7-9,17-18,20H,1H3,(H2,13,15,19)/t5-,7+,8?,9+,11+/m0/s1. The lowest BCUT2D eigenvalue weighted by atomic mass is 9.93. The zero-order valence-corrected chi connectivity index (χ0v) is 11.6. The Hall–Kier alpha value is -1.70. The molecule has 0 aromatic carbocycles. The number of nitrogens with zero attached hydrogens (tertiary/aromatic N) is 3. The maximum Gasteiger partial charge on any atom is 0.368 e. The van der Waals surface area contributed by atoms with Gasteiger partial charge in [-0.05, 0) is 24.4 Å². The second kappa shape index (κ2) is 5.59. The highest BCUT2D eigenvalue weighted by atomic mass is 35.5. The fraction of sp³-hybridized carbons (Fsp3) is 0.545. The van der Waals surface area contributed by atoms with Crippen molar-refractivity contribution < 1.29 is 20.1 Å². The van der Waals surface area contributed by atoms with Crippen molar-refractivity contribution in [2.75, 3.05) is 5.73 Å². The van der Waals surface area contributed by atoms with Gasteiger partial charge < -0.3 is 25.8 Å². The van der Waals surface area contributed by atoms with E-state index in [0.717, 1.165) is 6.20 Å². The molecule has 1 aromatic heterocycles. The number of hydrogen-bond donors (Lipinski definition) is 4. The maximum absolute atomic E-state index is 11.8. The summed E-state index contributed by atoms with van der Waals surface area (Å²) in [5.41, 5.74) is 2.18. The van der Waals surface area contributed by atoms with Crippen LogP contribution in [0.15, 0.2) is 11.0 Å². The van der Waals surface area contributed by atoms with Gasteiger partial charge in [-0.3, -0.25) is 0 Å². The Morgan fingerprint density at radius 2 is 2.33 bits per heavy atom. The van der Waals surface area contributed by atoms with E-state index in [-0.39, 0.29) is 5.82 Å². The molecule has 0 radical (unpaired) electrons. The number of ether oxygens (including phenoxy) is 1. The number of nitrogens with two attached hydrogens (primary N) is 1. The van der Waals surface area contributed by atoms with E-state index in [4.69, 9.17) is 22.1 Å². The van der Waals surface area contributed by atoms with Crippen LogP contribution in [0.25, 0.3) is 0 Å². The Labute approximate surface area is 123 Å². The van der Waals surface area contributed by atoms with Crippen LogP contribution < -0.4 is 11.4 Å². The highest BCUT2D eigenvalue weighted by Gasteiger charge is 2.58. The highest BCUT2D eigenvalue weighted by Crippen LogP contribution is 2.38. The van der Waals surface area contributed by atoms with Crippen molar-refractivity contribution in [3.63, 3.8) is 0 Å². The third kappa shape index (κ3) is 2.59. The molecule has 1 fully saturated rings. The van der Waals surface area contributed by atoms with Gasteiger partial charge in [-0.25, -0.2) is 4.79 Å². The van der Waals surface area contributed by atoms with Crippen molar-refractivity contribution in [1.29, 1.82) is 0 Å². The van der Waals surface area contributed by atoms with Crippen molar-refractivity contribution in [3.8, 4) is 11.3 Å². The molecule has 2 heterocycles. The van der Waals surface area contributed by atoms with Crippen LogP contribution in [-0.4, -0.2) is 54.0 Å². The second-order valence-corrected chi connectivity index (χ2v) is 4.78. The highest BCUT2D eigenvalue weighted by molar-refractivity contribution is 6.30. The van der Waals surface area contributed by atoms with Gasteiger partial charge in [0.15, 0.2) is 6.23 Å². The molecule has 1 aliphatic heterocycles. The summed E-state index contributed by atoms with van der Waals surface area (Å²) in [5, 5.41) is 35.8. The van der Waals surface area contributed by atoms with E-state index in [2.05, 4.69) is 16.0 Å². The van der Waals surface area contributed by atoms with E-state index in [1.807, 2.05) is 5.38 Å². The molecule has 0 amide bonds. The number of halogens is 1. The summed E-state index contributed by atoms with van der Waals surface area (Å²) in [7, 11) is 0. The Kier molecular flexibility index (Phi) is 4.18. The summed E-state index contributed by atoms with van der Waals surface area (Å²) in [6.07, 6.45) is -4.37. The molecule has 0 saturated carbocycles. The molecular weight excluding hydrogens is 304 g/mol. The van der Waals surface area contributed by atoms with E-state index in [1.165, 1.54) is 6.92 Å². The molecule has 1 saturated heterocycles. The second-order valence-electron chi connectivity index (χ2n) is 4.59. The topological polar surface area (TPSA) is 144 Å². The van der Waals surface area contributed by atoms with Crippen LogP contribution >= 0.6 is 11.6 Å². The summed E-state index contributed by atoms with van der Waals surface area (Å²) >= 11 is 5.29. The molecule has 0 spiro atoms. The normalized spacial score (nSPS) is 33.3. The number of anilines is 1. The summed E-state index contributed by atoms with van der Waals surface area (Å²) in [6, 6.07) is 0. The summed E-state index contributed by atoms with van der Waals surface area (Å²) in [4.78, 5) is 15.2. The Bertz CT molecular complexity index is 654. The van der Waals surface area contributed by atoms with Gasteiger partial charge in [0.2, 0.25) is 5.60 Å². The third-order valence-corrected chi connectivity index (χ3v) is 3.20. The first-order valence-electron chi connectivity index (χ1n) is 5.89. The molecule has 0 aliphatic carbocycles. The predicted molar refractivity (Wildman–Crippen MR) is 70.9 cm³/mol. The molecule has 1 unspecified atom stereocenters. The number of aromatic nitrogens is 3. The first-order chi connectivity index (χ1) is 9.81. The lowest BCUT2D eigenvalue weighted by molar-refractivity contribution is -0.0945. The van der Waals surface area contributed by atoms with Crippen molar-refractivity contribution >= 4 is 17.4 Å². The van der Waals surface area contributed by atoms with Crippen LogP contribution in [0.4, 0.5) is 5.82 Å². The van der Waals surface area contributed by atoms with E-state index < -0.39 is 35.8 Å². The largest absolute Gasteiger partial charge is 0.391 e. The molecule has 5 atom stereocenters. The summed E-state index contributed by atoms with van der Waals surface area (Å²) < 4.78 is 5.99. The molecule has 1 aromatic rings. The quantitative estimate of drug-likeness (QED) is 0.450. The number of nitrogen functional groups attached to an aromatic ring is 1. The van der Waals surface area contributed by atoms with Gasteiger partial charge in [0, 0.05) is 5.38 Å². The van der Waals surface area contributed by atoms with Gasteiger partial charge in [-0.1, -0.05) is 0 Å². The van der Waals surface area contributed by atoms with E-state index >= 15 is 0 Å². The SMILES string of the molecule is C[C@H](O)[C@H]1O[C@@H](n2ncc(N)nc2=O)[C@@](O)(C#CCl)C1O. The molecule has 9 nitrogen and oxygen atoms in total. The minimum absolute atomic E-state index is 0.117. The lowest BCUT2D eigenvalue weighted by Gasteiger charge is -2.25. The average Bonchev–Trinajstić information content (AvgIpc) is 2.64. The molecule has 114 valence electrons. The lowest BCUT2D eigenvalue weighted by Crippen LogP contribution is -2.49. The van der Waals surface area contributed by atoms with Gasteiger partial charge in [-0.2, -0.15) is 14.8 Å².